The zero-order valence-corrected chi connectivity index (χ0v) is 14.8. The Bertz CT molecular complexity index is 658. The van der Waals surface area contributed by atoms with Crippen molar-refractivity contribution in [1.29, 1.82) is 0 Å². The minimum Gasteiger partial charge on any atom is -0.207 e. The highest BCUT2D eigenvalue weighted by atomic mass is 19.1. The molecule has 0 bridgehead atoms. The Morgan fingerprint density at radius 3 is 2.38 bits per heavy atom. The van der Waals surface area contributed by atoms with Gasteiger partial charge in [-0.3, -0.25) is 0 Å². The molecule has 0 spiro atoms. The lowest BCUT2D eigenvalue weighted by atomic mass is 9.79. The van der Waals surface area contributed by atoms with E-state index in [9.17, 15) is 4.39 Å². The fraction of sp³-hybridized carbons (Fsp3) is 0.524. The topological polar surface area (TPSA) is 25.8 Å². The zero-order chi connectivity index (χ0) is 16.9. The van der Waals surface area contributed by atoms with E-state index in [-0.39, 0.29) is 5.82 Å². The average molecular weight is 326 g/mol. The normalized spacial score (nSPS) is 21.0. The summed E-state index contributed by atoms with van der Waals surface area (Å²) < 4.78 is 13.7. The van der Waals surface area contributed by atoms with Gasteiger partial charge < -0.3 is 0 Å². The van der Waals surface area contributed by atoms with Crippen molar-refractivity contribution in [3.8, 4) is 11.3 Å². The highest BCUT2D eigenvalue weighted by Gasteiger charge is 2.19. The fourth-order valence-corrected chi connectivity index (χ4v) is 3.68. The van der Waals surface area contributed by atoms with Crippen molar-refractivity contribution in [3.63, 3.8) is 0 Å². The van der Waals surface area contributed by atoms with Gasteiger partial charge in [-0.2, -0.15) is 10.2 Å². The van der Waals surface area contributed by atoms with Gasteiger partial charge in [0.05, 0.1) is 11.4 Å². The smallest absolute Gasteiger partial charge is 0.126 e. The Morgan fingerprint density at radius 2 is 1.75 bits per heavy atom. The Labute approximate surface area is 144 Å². The summed E-state index contributed by atoms with van der Waals surface area (Å²) in [5, 5.41) is 8.64. The van der Waals surface area contributed by atoms with Crippen LogP contribution in [0.5, 0.6) is 0 Å². The second-order valence-corrected chi connectivity index (χ2v) is 7.21. The summed E-state index contributed by atoms with van der Waals surface area (Å²) in [6.45, 7) is 4.07. The molecule has 1 fully saturated rings. The molecule has 0 amide bonds. The maximum absolute atomic E-state index is 13.7. The lowest BCUT2D eigenvalue weighted by Gasteiger charge is -2.27. The molecule has 1 aliphatic rings. The Morgan fingerprint density at radius 1 is 1.00 bits per heavy atom. The van der Waals surface area contributed by atoms with Crippen LogP contribution in [0.3, 0.4) is 0 Å². The molecule has 3 heteroatoms. The van der Waals surface area contributed by atoms with Crippen LogP contribution in [0.2, 0.25) is 0 Å². The fourth-order valence-electron chi connectivity index (χ4n) is 3.68. The highest BCUT2D eigenvalue weighted by Crippen LogP contribution is 2.33. The molecule has 2 nitrogen and oxygen atoms in total. The molecule has 1 heterocycles. The predicted molar refractivity (Wildman–Crippen MR) is 96.2 cm³/mol. The predicted octanol–water partition coefficient (Wildman–Crippen LogP) is 5.74. The summed E-state index contributed by atoms with van der Waals surface area (Å²) in [7, 11) is 0. The van der Waals surface area contributed by atoms with Gasteiger partial charge in [-0.15, -0.1) is 0 Å². The average Bonchev–Trinajstić information content (AvgIpc) is 2.63. The molecule has 24 heavy (non-hydrogen) atoms. The van der Waals surface area contributed by atoms with Crippen LogP contribution >= 0.6 is 0 Å². The van der Waals surface area contributed by atoms with Crippen LogP contribution in [0.4, 0.5) is 4.39 Å². The third kappa shape index (κ3) is 4.19. The molecule has 1 aromatic heterocycles. The van der Waals surface area contributed by atoms with Gasteiger partial charge >= 0.3 is 0 Å². The van der Waals surface area contributed by atoms with Crippen LogP contribution in [0.1, 0.15) is 56.7 Å². The summed E-state index contributed by atoms with van der Waals surface area (Å²) in [6, 6.07) is 9.21. The number of halogens is 1. The minimum atomic E-state index is -0.193. The van der Waals surface area contributed by atoms with Gasteiger partial charge in [-0.1, -0.05) is 51.2 Å². The van der Waals surface area contributed by atoms with Crippen LogP contribution in [0.25, 0.3) is 11.3 Å². The van der Waals surface area contributed by atoms with Crippen molar-refractivity contribution < 1.29 is 4.39 Å². The van der Waals surface area contributed by atoms with E-state index < -0.39 is 0 Å². The summed E-state index contributed by atoms with van der Waals surface area (Å²) >= 11 is 0. The van der Waals surface area contributed by atoms with Crippen LogP contribution in [-0.4, -0.2) is 10.2 Å². The molecule has 0 saturated heterocycles. The molecular formula is C21H27FN2. The van der Waals surface area contributed by atoms with E-state index in [1.165, 1.54) is 44.6 Å². The summed E-state index contributed by atoms with van der Waals surface area (Å²) in [5.41, 5.74) is 3.22. The molecule has 3 rings (SSSR count). The second-order valence-electron chi connectivity index (χ2n) is 7.21. The van der Waals surface area contributed by atoms with Gasteiger partial charge in [0, 0.05) is 5.56 Å². The Hall–Kier alpha value is -1.77. The molecule has 1 aromatic carbocycles. The van der Waals surface area contributed by atoms with Crippen LogP contribution in [0.15, 0.2) is 30.3 Å². The van der Waals surface area contributed by atoms with Crippen LogP contribution in [-0.2, 0) is 6.42 Å². The maximum atomic E-state index is 13.7. The molecule has 0 N–H and O–H groups in total. The molecule has 0 unspecified atom stereocenters. The third-order valence-corrected chi connectivity index (χ3v) is 5.54. The molecule has 0 radical (unpaired) electrons. The van der Waals surface area contributed by atoms with E-state index in [1.807, 2.05) is 18.2 Å². The first kappa shape index (κ1) is 17.1. The standard InChI is InChI=1S/C21H27FN2/c1-3-16-5-7-17(8-6-16)9-11-19-12-13-21(24-23-19)18-10-4-15(2)20(22)14-18/h4,10,12-14,16-17H,3,5-9,11H2,1-2H3. The first-order chi connectivity index (χ1) is 11.7. The van der Waals surface area contributed by atoms with E-state index in [2.05, 4.69) is 17.1 Å². The lowest BCUT2D eigenvalue weighted by Crippen LogP contribution is -2.14. The maximum Gasteiger partial charge on any atom is 0.126 e. The minimum absolute atomic E-state index is 0.193. The molecule has 1 saturated carbocycles. The SMILES string of the molecule is CCC1CCC(CCc2ccc(-c3ccc(C)c(F)c3)nn2)CC1. The Balaban J connectivity index is 1.56. The number of aryl methyl sites for hydroxylation is 2. The van der Waals surface area contributed by atoms with Gasteiger partial charge in [0.15, 0.2) is 0 Å². The van der Waals surface area contributed by atoms with E-state index in [1.54, 1.807) is 13.0 Å². The third-order valence-electron chi connectivity index (χ3n) is 5.54. The van der Waals surface area contributed by atoms with E-state index in [0.29, 0.717) is 5.56 Å². The van der Waals surface area contributed by atoms with Crippen molar-refractivity contribution in [1.82, 2.24) is 10.2 Å². The zero-order valence-electron chi connectivity index (χ0n) is 14.8. The van der Waals surface area contributed by atoms with Crippen molar-refractivity contribution >= 4 is 0 Å². The lowest BCUT2D eigenvalue weighted by molar-refractivity contribution is 0.258. The van der Waals surface area contributed by atoms with E-state index >= 15 is 0 Å². The Kier molecular flexibility index (Phi) is 5.60. The second kappa shape index (κ2) is 7.87. The molecule has 0 aliphatic heterocycles. The van der Waals surface area contributed by atoms with Crippen LogP contribution in [0, 0.1) is 24.6 Å². The number of hydrogen-bond acceptors (Lipinski definition) is 2. The monoisotopic (exact) mass is 326 g/mol. The number of nitrogens with zero attached hydrogens (tertiary/aromatic N) is 2. The molecule has 1 aliphatic carbocycles. The van der Waals surface area contributed by atoms with Gasteiger partial charge in [0.2, 0.25) is 0 Å². The number of rotatable bonds is 5. The summed E-state index contributed by atoms with van der Waals surface area (Å²) in [4.78, 5) is 0. The van der Waals surface area contributed by atoms with Crippen molar-refractivity contribution in [2.45, 2.75) is 58.8 Å². The van der Waals surface area contributed by atoms with Crippen molar-refractivity contribution in [2.24, 2.45) is 11.8 Å². The van der Waals surface area contributed by atoms with Gasteiger partial charge in [0.25, 0.3) is 0 Å². The van der Waals surface area contributed by atoms with Crippen LogP contribution < -0.4 is 0 Å². The van der Waals surface area contributed by atoms with Gasteiger partial charge in [-0.05, 0) is 55.4 Å². The molecular weight excluding hydrogens is 299 g/mol. The van der Waals surface area contributed by atoms with E-state index in [0.717, 1.165) is 35.2 Å². The largest absolute Gasteiger partial charge is 0.207 e. The molecule has 128 valence electrons. The first-order valence-corrected chi connectivity index (χ1v) is 9.25. The van der Waals surface area contributed by atoms with Crippen molar-refractivity contribution in [3.05, 3.63) is 47.4 Å². The van der Waals surface area contributed by atoms with Crippen molar-refractivity contribution in [2.75, 3.05) is 0 Å². The summed E-state index contributed by atoms with van der Waals surface area (Å²) in [6.07, 6.45) is 9.06. The first-order valence-electron chi connectivity index (χ1n) is 9.25. The summed E-state index contributed by atoms with van der Waals surface area (Å²) in [5.74, 6) is 1.61. The number of benzene rings is 1. The molecule has 0 atom stereocenters. The quantitative estimate of drug-likeness (QED) is 0.700. The number of aromatic nitrogens is 2. The van der Waals surface area contributed by atoms with Gasteiger partial charge in [-0.25, -0.2) is 4.39 Å². The van der Waals surface area contributed by atoms with Gasteiger partial charge in [0.1, 0.15) is 5.82 Å². The number of hydrogen-bond donors (Lipinski definition) is 0. The van der Waals surface area contributed by atoms with E-state index in [4.69, 9.17) is 0 Å². The highest BCUT2D eigenvalue weighted by molar-refractivity contribution is 5.59. The molecule has 2 aromatic rings.